The van der Waals surface area contributed by atoms with Crippen LogP contribution in [0.2, 0.25) is 0 Å². The second-order valence-corrected chi connectivity index (χ2v) is 5.07. The van der Waals surface area contributed by atoms with Crippen LogP contribution in [-0.2, 0) is 5.41 Å². The van der Waals surface area contributed by atoms with Crippen LogP contribution in [0.3, 0.4) is 0 Å². The molecule has 16 heavy (non-hydrogen) atoms. The Balaban J connectivity index is 1.76. The molecule has 4 heteroatoms. The summed E-state index contributed by atoms with van der Waals surface area (Å²) in [5.41, 5.74) is 1.49. The Kier molecular flexibility index (Phi) is 2.32. The molecule has 1 aromatic rings. The summed E-state index contributed by atoms with van der Waals surface area (Å²) < 4.78 is 0. The Morgan fingerprint density at radius 3 is 2.50 bits per heavy atom. The van der Waals surface area contributed by atoms with Crippen molar-refractivity contribution in [2.45, 2.75) is 25.2 Å². The lowest BCUT2D eigenvalue weighted by atomic mass is 10.1. The average Bonchev–Trinajstić information content (AvgIpc) is 3.10. The van der Waals surface area contributed by atoms with Gasteiger partial charge in [0, 0.05) is 31.6 Å². The van der Waals surface area contributed by atoms with Crippen LogP contribution in [0.25, 0.3) is 0 Å². The first kappa shape index (κ1) is 10.0. The van der Waals surface area contributed by atoms with Crippen LogP contribution in [0, 0.1) is 0 Å². The summed E-state index contributed by atoms with van der Waals surface area (Å²) in [5, 5.41) is 12.1. The third-order valence-corrected chi connectivity index (χ3v) is 3.71. The number of nitrogens with one attached hydrogen (secondary N) is 1. The fraction of sp³-hybridized carbons (Fsp3) is 0.667. The van der Waals surface area contributed by atoms with Crippen molar-refractivity contribution in [1.29, 1.82) is 0 Å². The number of piperazine rings is 1. The molecule has 1 saturated carbocycles. The van der Waals surface area contributed by atoms with Gasteiger partial charge < -0.3 is 10.2 Å². The molecule has 1 aromatic heterocycles. The predicted octanol–water partition coefficient (Wildman–Crippen LogP) is 0.938. The maximum absolute atomic E-state index is 4.38. The highest BCUT2D eigenvalue weighted by Gasteiger charge is 2.40. The van der Waals surface area contributed by atoms with Gasteiger partial charge in [0.15, 0.2) is 5.82 Å². The lowest BCUT2D eigenvalue weighted by molar-refractivity contribution is 0.581. The van der Waals surface area contributed by atoms with E-state index in [9.17, 15) is 0 Å². The van der Waals surface area contributed by atoms with E-state index in [4.69, 9.17) is 0 Å². The van der Waals surface area contributed by atoms with Crippen molar-refractivity contribution in [3.8, 4) is 0 Å². The molecular formula is C12H18N4. The van der Waals surface area contributed by atoms with Gasteiger partial charge in [-0.1, -0.05) is 6.92 Å². The Bertz CT molecular complexity index is 363. The van der Waals surface area contributed by atoms with Crippen molar-refractivity contribution in [3.05, 3.63) is 17.8 Å². The summed E-state index contributed by atoms with van der Waals surface area (Å²) in [4.78, 5) is 2.29. The summed E-state index contributed by atoms with van der Waals surface area (Å²) in [6.45, 7) is 6.42. The summed E-state index contributed by atoms with van der Waals surface area (Å²) >= 11 is 0. The fourth-order valence-electron chi connectivity index (χ4n) is 2.15. The first-order valence-corrected chi connectivity index (χ1v) is 6.08. The summed E-state index contributed by atoms with van der Waals surface area (Å²) in [6.07, 6.45) is 2.52. The van der Waals surface area contributed by atoms with E-state index < -0.39 is 0 Å². The summed E-state index contributed by atoms with van der Waals surface area (Å²) in [6, 6.07) is 4.27. The van der Waals surface area contributed by atoms with Crippen molar-refractivity contribution in [1.82, 2.24) is 15.5 Å². The molecule has 2 fully saturated rings. The van der Waals surface area contributed by atoms with Crippen LogP contribution in [0.5, 0.6) is 0 Å². The quantitative estimate of drug-likeness (QED) is 0.802. The average molecular weight is 218 g/mol. The number of hydrogen-bond donors (Lipinski definition) is 1. The normalized spacial score (nSPS) is 23.2. The van der Waals surface area contributed by atoms with E-state index in [1.54, 1.807) is 0 Å². The number of hydrogen-bond acceptors (Lipinski definition) is 4. The van der Waals surface area contributed by atoms with Gasteiger partial charge in [0.1, 0.15) is 0 Å². The number of anilines is 1. The third-order valence-electron chi connectivity index (χ3n) is 3.71. The van der Waals surface area contributed by atoms with Gasteiger partial charge in [-0.15, -0.1) is 5.10 Å². The maximum atomic E-state index is 4.38. The highest BCUT2D eigenvalue weighted by atomic mass is 15.3. The zero-order chi connectivity index (χ0) is 11.0. The Morgan fingerprint density at radius 2 is 1.94 bits per heavy atom. The van der Waals surface area contributed by atoms with Crippen molar-refractivity contribution < 1.29 is 0 Å². The molecule has 0 spiro atoms. The molecule has 1 saturated heterocycles. The van der Waals surface area contributed by atoms with Crippen LogP contribution in [-0.4, -0.2) is 36.4 Å². The Morgan fingerprint density at radius 1 is 1.19 bits per heavy atom. The molecule has 2 heterocycles. The van der Waals surface area contributed by atoms with E-state index in [-0.39, 0.29) is 0 Å². The highest BCUT2D eigenvalue weighted by Crippen LogP contribution is 2.46. The van der Waals surface area contributed by atoms with E-state index in [0.717, 1.165) is 37.7 Å². The van der Waals surface area contributed by atoms with Gasteiger partial charge in [0.25, 0.3) is 0 Å². The molecule has 1 aliphatic heterocycles. The molecule has 86 valence electrons. The maximum Gasteiger partial charge on any atom is 0.151 e. The highest BCUT2D eigenvalue weighted by molar-refractivity contribution is 5.39. The minimum Gasteiger partial charge on any atom is -0.353 e. The summed E-state index contributed by atoms with van der Waals surface area (Å²) in [7, 11) is 0. The molecule has 0 atom stereocenters. The van der Waals surface area contributed by atoms with Crippen LogP contribution < -0.4 is 10.2 Å². The van der Waals surface area contributed by atoms with E-state index >= 15 is 0 Å². The van der Waals surface area contributed by atoms with Crippen molar-refractivity contribution in [3.63, 3.8) is 0 Å². The summed E-state index contributed by atoms with van der Waals surface area (Å²) in [5.74, 6) is 1.02. The number of nitrogens with zero attached hydrogens (tertiary/aromatic N) is 3. The smallest absolute Gasteiger partial charge is 0.151 e. The molecule has 0 bridgehead atoms. The molecule has 1 N–H and O–H groups in total. The SMILES string of the molecule is CC1(c2ccc(N3CCNCC3)nn2)CC1. The monoisotopic (exact) mass is 218 g/mol. The van der Waals surface area contributed by atoms with Crippen molar-refractivity contribution >= 4 is 5.82 Å². The van der Waals surface area contributed by atoms with Crippen LogP contribution in [0.4, 0.5) is 5.82 Å². The molecular weight excluding hydrogens is 200 g/mol. The zero-order valence-corrected chi connectivity index (χ0v) is 9.74. The minimum atomic E-state index is 0.328. The standard InChI is InChI=1S/C12H18N4/c1-12(4-5-12)10-2-3-11(15-14-10)16-8-6-13-7-9-16/h2-3,13H,4-9H2,1H3. The molecule has 1 aliphatic carbocycles. The Labute approximate surface area is 96.1 Å². The van der Waals surface area contributed by atoms with Crippen LogP contribution in [0.1, 0.15) is 25.5 Å². The van der Waals surface area contributed by atoms with Gasteiger partial charge in [-0.2, -0.15) is 5.10 Å². The van der Waals surface area contributed by atoms with Crippen molar-refractivity contribution in [2.75, 3.05) is 31.1 Å². The molecule has 2 aliphatic rings. The largest absolute Gasteiger partial charge is 0.353 e. The third kappa shape index (κ3) is 1.78. The predicted molar refractivity (Wildman–Crippen MR) is 63.7 cm³/mol. The van der Waals surface area contributed by atoms with Gasteiger partial charge >= 0.3 is 0 Å². The second-order valence-electron chi connectivity index (χ2n) is 5.07. The first-order chi connectivity index (χ1) is 7.78. The minimum absolute atomic E-state index is 0.328. The second kappa shape index (κ2) is 3.70. The van der Waals surface area contributed by atoms with Crippen LogP contribution >= 0.6 is 0 Å². The first-order valence-electron chi connectivity index (χ1n) is 6.08. The van der Waals surface area contributed by atoms with Gasteiger partial charge in [-0.25, -0.2) is 0 Å². The van der Waals surface area contributed by atoms with Crippen LogP contribution in [0.15, 0.2) is 12.1 Å². The van der Waals surface area contributed by atoms with Crippen molar-refractivity contribution in [2.24, 2.45) is 0 Å². The topological polar surface area (TPSA) is 41.0 Å². The number of aromatic nitrogens is 2. The van der Waals surface area contributed by atoms with Gasteiger partial charge in [-0.05, 0) is 25.0 Å². The molecule has 0 unspecified atom stereocenters. The van der Waals surface area contributed by atoms with E-state index in [1.807, 2.05) is 0 Å². The zero-order valence-electron chi connectivity index (χ0n) is 9.74. The lowest BCUT2D eigenvalue weighted by Gasteiger charge is -2.28. The molecule has 0 amide bonds. The molecule has 0 aromatic carbocycles. The molecule has 3 rings (SSSR count). The van der Waals surface area contributed by atoms with E-state index in [1.165, 1.54) is 12.8 Å². The number of rotatable bonds is 2. The lowest BCUT2D eigenvalue weighted by Crippen LogP contribution is -2.44. The fourth-order valence-corrected chi connectivity index (χ4v) is 2.15. The molecule has 4 nitrogen and oxygen atoms in total. The van der Waals surface area contributed by atoms with E-state index in [2.05, 4.69) is 39.5 Å². The molecule has 0 radical (unpaired) electrons. The van der Waals surface area contributed by atoms with Gasteiger partial charge in [0.05, 0.1) is 5.69 Å². The van der Waals surface area contributed by atoms with E-state index in [0.29, 0.717) is 5.41 Å². The van der Waals surface area contributed by atoms with Gasteiger partial charge in [0.2, 0.25) is 0 Å². The van der Waals surface area contributed by atoms with Gasteiger partial charge in [-0.3, -0.25) is 0 Å². The Hall–Kier alpha value is -1.16.